The van der Waals surface area contributed by atoms with Crippen molar-refractivity contribution >= 4 is 0 Å². The van der Waals surface area contributed by atoms with Crippen LogP contribution in [0.15, 0.2) is 12.2 Å². The Morgan fingerprint density at radius 3 is 2.38 bits per heavy atom. The van der Waals surface area contributed by atoms with Crippen LogP contribution in [0.2, 0.25) is 0 Å². The molecule has 0 bridgehead atoms. The van der Waals surface area contributed by atoms with Gasteiger partial charge in [0.1, 0.15) is 0 Å². The van der Waals surface area contributed by atoms with Gasteiger partial charge in [-0.3, -0.25) is 4.90 Å². The zero-order chi connectivity index (χ0) is 9.10. The molecule has 13 heavy (non-hydrogen) atoms. The minimum atomic E-state index is 0.775. The molecule has 2 aliphatic rings. The summed E-state index contributed by atoms with van der Waals surface area (Å²) >= 11 is 0. The molecule has 1 fully saturated rings. The van der Waals surface area contributed by atoms with Crippen LogP contribution in [0.4, 0.5) is 0 Å². The first-order chi connectivity index (χ1) is 6.36. The Hall–Kier alpha value is -0.300. The van der Waals surface area contributed by atoms with E-state index in [1.54, 1.807) is 0 Å². The van der Waals surface area contributed by atoms with Crippen molar-refractivity contribution in [3.05, 3.63) is 12.2 Å². The predicted octanol–water partition coefficient (Wildman–Crippen LogP) is 2.83. The van der Waals surface area contributed by atoms with Gasteiger partial charge in [0.25, 0.3) is 0 Å². The summed E-state index contributed by atoms with van der Waals surface area (Å²) < 4.78 is 0. The van der Waals surface area contributed by atoms with Crippen molar-refractivity contribution in [1.29, 1.82) is 0 Å². The molecular formula is C12H21N. The van der Waals surface area contributed by atoms with Crippen LogP contribution in [-0.2, 0) is 0 Å². The largest absolute Gasteiger partial charge is 0.297 e. The van der Waals surface area contributed by atoms with Crippen molar-refractivity contribution in [2.75, 3.05) is 13.1 Å². The molecule has 0 N–H and O–H groups in total. The molecule has 1 aliphatic carbocycles. The number of rotatable bonds is 1. The molecule has 1 nitrogen and oxygen atoms in total. The van der Waals surface area contributed by atoms with Gasteiger partial charge < -0.3 is 0 Å². The Morgan fingerprint density at radius 2 is 1.77 bits per heavy atom. The Balaban J connectivity index is 1.89. The van der Waals surface area contributed by atoms with Crippen LogP contribution >= 0.6 is 0 Å². The highest BCUT2D eigenvalue weighted by atomic mass is 15.2. The molecule has 0 spiro atoms. The zero-order valence-electron chi connectivity index (χ0n) is 8.71. The van der Waals surface area contributed by atoms with E-state index in [0.717, 1.165) is 12.0 Å². The molecule has 2 atom stereocenters. The van der Waals surface area contributed by atoms with Gasteiger partial charge in [-0.25, -0.2) is 0 Å². The molecule has 0 unspecified atom stereocenters. The highest BCUT2D eigenvalue weighted by Crippen LogP contribution is 2.23. The van der Waals surface area contributed by atoms with Gasteiger partial charge in [-0.2, -0.15) is 0 Å². The molecule has 2 rings (SSSR count). The summed E-state index contributed by atoms with van der Waals surface area (Å²) in [4.78, 5) is 2.67. The zero-order valence-corrected chi connectivity index (χ0v) is 8.71. The van der Waals surface area contributed by atoms with Crippen LogP contribution in [0.1, 0.15) is 39.0 Å². The molecule has 0 aromatic rings. The summed E-state index contributed by atoms with van der Waals surface area (Å²) in [6, 6.07) is 0.775. The fourth-order valence-electron chi connectivity index (χ4n) is 2.50. The molecule has 0 amide bonds. The van der Waals surface area contributed by atoms with E-state index in [9.17, 15) is 0 Å². The van der Waals surface area contributed by atoms with E-state index in [1.165, 1.54) is 45.2 Å². The summed E-state index contributed by atoms with van der Waals surface area (Å²) in [6.45, 7) is 5.00. The van der Waals surface area contributed by atoms with Crippen molar-refractivity contribution in [1.82, 2.24) is 4.90 Å². The fraction of sp³-hybridized carbons (Fsp3) is 0.833. The number of hydrogen-bond acceptors (Lipinski definition) is 1. The predicted molar refractivity (Wildman–Crippen MR) is 56.8 cm³/mol. The van der Waals surface area contributed by atoms with Crippen molar-refractivity contribution in [2.24, 2.45) is 5.92 Å². The van der Waals surface area contributed by atoms with E-state index in [1.807, 2.05) is 0 Å². The molecule has 74 valence electrons. The monoisotopic (exact) mass is 179 g/mol. The van der Waals surface area contributed by atoms with Gasteiger partial charge in [-0.05, 0) is 44.7 Å². The van der Waals surface area contributed by atoms with Crippen LogP contribution < -0.4 is 0 Å². The second-order valence-electron chi connectivity index (χ2n) is 4.60. The lowest BCUT2D eigenvalue weighted by atomic mass is 9.92. The Morgan fingerprint density at radius 1 is 1.00 bits per heavy atom. The summed E-state index contributed by atoms with van der Waals surface area (Å²) in [5.41, 5.74) is 0. The standard InChI is InChI=1S/C12H21N/c1-11-5-7-12(8-6-11)13-9-3-2-4-10-13/h5,7,11-12H,2-4,6,8-10H2,1H3/t11-,12-/m0/s1. The van der Waals surface area contributed by atoms with Gasteiger partial charge in [0.15, 0.2) is 0 Å². The summed E-state index contributed by atoms with van der Waals surface area (Å²) in [7, 11) is 0. The van der Waals surface area contributed by atoms with Crippen LogP contribution in [0, 0.1) is 5.92 Å². The van der Waals surface area contributed by atoms with E-state index in [2.05, 4.69) is 24.0 Å². The van der Waals surface area contributed by atoms with E-state index < -0.39 is 0 Å². The maximum Gasteiger partial charge on any atom is 0.0278 e. The van der Waals surface area contributed by atoms with E-state index in [0.29, 0.717) is 0 Å². The van der Waals surface area contributed by atoms with Crippen LogP contribution in [0.3, 0.4) is 0 Å². The molecule has 0 saturated carbocycles. The first-order valence-electron chi connectivity index (χ1n) is 5.78. The Bertz CT molecular complexity index is 180. The van der Waals surface area contributed by atoms with Gasteiger partial charge in [0.05, 0.1) is 0 Å². The highest BCUT2D eigenvalue weighted by molar-refractivity contribution is 5.01. The van der Waals surface area contributed by atoms with Crippen LogP contribution in [0.5, 0.6) is 0 Å². The average Bonchev–Trinajstić information content (AvgIpc) is 2.20. The van der Waals surface area contributed by atoms with Crippen molar-refractivity contribution in [3.63, 3.8) is 0 Å². The van der Waals surface area contributed by atoms with E-state index in [-0.39, 0.29) is 0 Å². The third-order valence-electron chi connectivity index (χ3n) is 3.44. The highest BCUT2D eigenvalue weighted by Gasteiger charge is 2.20. The topological polar surface area (TPSA) is 3.24 Å². The lowest BCUT2D eigenvalue weighted by Gasteiger charge is -2.35. The second-order valence-corrected chi connectivity index (χ2v) is 4.60. The molecule has 1 aliphatic heterocycles. The average molecular weight is 179 g/mol. The van der Waals surface area contributed by atoms with Gasteiger partial charge in [-0.1, -0.05) is 25.5 Å². The van der Waals surface area contributed by atoms with E-state index >= 15 is 0 Å². The van der Waals surface area contributed by atoms with Crippen molar-refractivity contribution in [3.8, 4) is 0 Å². The normalized spacial score (nSPS) is 36.4. The molecule has 0 aromatic heterocycles. The third kappa shape index (κ3) is 2.34. The van der Waals surface area contributed by atoms with Gasteiger partial charge >= 0.3 is 0 Å². The number of allylic oxidation sites excluding steroid dienone is 1. The molecular weight excluding hydrogens is 158 g/mol. The minimum absolute atomic E-state index is 0.775. The third-order valence-corrected chi connectivity index (χ3v) is 3.44. The Kier molecular flexibility index (Phi) is 3.05. The first kappa shape index (κ1) is 9.26. The second kappa shape index (κ2) is 4.28. The van der Waals surface area contributed by atoms with Crippen molar-refractivity contribution in [2.45, 2.75) is 45.1 Å². The van der Waals surface area contributed by atoms with Gasteiger partial charge in [0, 0.05) is 6.04 Å². The molecule has 1 heterocycles. The molecule has 1 saturated heterocycles. The first-order valence-corrected chi connectivity index (χ1v) is 5.78. The summed E-state index contributed by atoms with van der Waals surface area (Å²) in [5, 5.41) is 0. The Labute approximate surface area is 81.8 Å². The number of likely N-dealkylation sites (tertiary alicyclic amines) is 1. The maximum absolute atomic E-state index is 2.67. The molecule has 1 heteroatoms. The lowest BCUT2D eigenvalue weighted by molar-refractivity contribution is 0.175. The SMILES string of the molecule is C[C@H]1C=C[C@H](N2CCCCC2)CC1. The maximum atomic E-state index is 2.67. The number of nitrogens with zero attached hydrogens (tertiary/aromatic N) is 1. The van der Waals surface area contributed by atoms with Gasteiger partial charge in [0.2, 0.25) is 0 Å². The number of piperidine rings is 1. The van der Waals surface area contributed by atoms with Crippen LogP contribution in [0.25, 0.3) is 0 Å². The number of hydrogen-bond donors (Lipinski definition) is 0. The molecule has 0 aromatic carbocycles. The smallest absolute Gasteiger partial charge is 0.0278 e. The molecule has 0 radical (unpaired) electrons. The quantitative estimate of drug-likeness (QED) is 0.559. The summed E-state index contributed by atoms with van der Waals surface area (Å²) in [5.74, 6) is 0.820. The fourth-order valence-corrected chi connectivity index (χ4v) is 2.50. The lowest BCUT2D eigenvalue weighted by Crippen LogP contribution is -2.39. The summed E-state index contributed by atoms with van der Waals surface area (Å²) in [6.07, 6.45) is 11.9. The van der Waals surface area contributed by atoms with Crippen LogP contribution in [-0.4, -0.2) is 24.0 Å². The minimum Gasteiger partial charge on any atom is -0.297 e. The van der Waals surface area contributed by atoms with E-state index in [4.69, 9.17) is 0 Å². The van der Waals surface area contributed by atoms with Gasteiger partial charge in [-0.15, -0.1) is 0 Å². The van der Waals surface area contributed by atoms with Crippen molar-refractivity contribution < 1.29 is 0 Å².